The minimum Gasteiger partial charge on any atom is -0.324 e. The zero-order chi connectivity index (χ0) is 20.9. The van der Waals surface area contributed by atoms with E-state index >= 15 is 0 Å². The highest BCUT2D eigenvalue weighted by Gasteiger charge is 2.26. The first-order valence-corrected chi connectivity index (χ1v) is 11.3. The van der Waals surface area contributed by atoms with Gasteiger partial charge >= 0.3 is 0 Å². The Bertz CT molecular complexity index is 1080. The molecule has 0 fully saturated rings. The largest absolute Gasteiger partial charge is 0.324 e. The molecule has 0 unspecified atom stereocenters. The molecule has 0 aliphatic rings. The Hall–Kier alpha value is -2.48. The standard InChI is InChI=1S/C22H21BrN2O3S/c1-16-7-5-6-10-20(16)24-22(26)21(15-17-8-3-2-4-9-17)25-29(27,28)19-13-11-18(23)12-14-19/h2-14,21,25H,15H2,1H3,(H,24,26)/t21-/m1/s1. The maximum absolute atomic E-state index is 13.0. The summed E-state index contributed by atoms with van der Waals surface area (Å²) in [5.41, 5.74) is 2.41. The third-order valence-corrected chi connectivity index (χ3v) is 6.44. The van der Waals surface area contributed by atoms with Crippen LogP contribution in [0.1, 0.15) is 11.1 Å². The fourth-order valence-electron chi connectivity index (χ4n) is 2.84. The van der Waals surface area contributed by atoms with Crippen LogP contribution in [-0.2, 0) is 21.2 Å². The van der Waals surface area contributed by atoms with Gasteiger partial charge in [0.15, 0.2) is 0 Å². The van der Waals surface area contributed by atoms with Crippen LogP contribution in [0.3, 0.4) is 0 Å². The Kier molecular flexibility index (Phi) is 6.84. The predicted octanol–water partition coefficient (Wildman–Crippen LogP) is 4.29. The molecule has 3 aromatic carbocycles. The number of halogens is 1. The van der Waals surface area contributed by atoms with E-state index in [-0.39, 0.29) is 11.3 Å². The van der Waals surface area contributed by atoms with E-state index in [9.17, 15) is 13.2 Å². The first kappa shape index (κ1) is 21.2. The van der Waals surface area contributed by atoms with Crippen molar-refractivity contribution in [3.05, 3.63) is 94.5 Å². The zero-order valence-electron chi connectivity index (χ0n) is 15.8. The van der Waals surface area contributed by atoms with Gasteiger partial charge in [-0.1, -0.05) is 64.5 Å². The number of nitrogens with one attached hydrogen (secondary N) is 2. The number of hydrogen-bond acceptors (Lipinski definition) is 3. The molecule has 5 nitrogen and oxygen atoms in total. The molecular formula is C22H21BrN2O3S. The van der Waals surface area contributed by atoms with Crippen LogP contribution >= 0.6 is 15.9 Å². The van der Waals surface area contributed by atoms with E-state index in [1.54, 1.807) is 18.2 Å². The number of anilines is 1. The number of carbonyl (C=O) groups is 1. The molecule has 0 spiro atoms. The number of sulfonamides is 1. The Balaban J connectivity index is 1.87. The zero-order valence-corrected chi connectivity index (χ0v) is 18.2. The fourth-order valence-corrected chi connectivity index (χ4v) is 4.30. The normalized spacial score (nSPS) is 12.3. The minimum absolute atomic E-state index is 0.0995. The van der Waals surface area contributed by atoms with Gasteiger partial charge in [-0.3, -0.25) is 4.79 Å². The van der Waals surface area contributed by atoms with Crippen LogP contribution in [0.25, 0.3) is 0 Å². The van der Waals surface area contributed by atoms with Gasteiger partial charge < -0.3 is 5.32 Å². The first-order valence-electron chi connectivity index (χ1n) is 9.03. The molecule has 0 bridgehead atoms. The van der Waals surface area contributed by atoms with E-state index in [1.807, 2.05) is 55.5 Å². The number of para-hydroxylation sites is 1. The Morgan fingerprint density at radius 1 is 0.931 bits per heavy atom. The molecule has 7 heteroatoms. The van der Waals surface area contributed by atoms with Crippen LogP contribution < -0.4 is 10.0 Å². The van der Waals surface area contributed by atoms with Crippen LogP contribution in [0, 0.1) is 6.92 Å². The lowest BCUT2D eigenvalue weighted by molar-refractivity contribution is -0.117. The quantitative estimate of drug-likeness (QED) is 0.538. The smallest absolute Gasteiger partial charge is 0.242 e. The lowest BCUT2D eigenvalue weighted by atomic mass is 10.1. The SMILES string of the molecule is Cc1ccccc1NC(=O)[C@@H](Cc1ccccc1)NS(=O)(=O)c1ccc(Br)cc1. The summed E-state index contributed by atoms with van der Waals surface area (Å²) in [6.45, 7) is 1.88. The van der Waals surface area contributed by atoms with E-state index < -0.39 is 22.0 Å². The van der Waals surface area contributed by atoms with Crippen molar-refractivity contribution in [2.24, 2.45) is 0 Å². The van der Waals surface area contributed by atoms with Gasteiger partial charge in [0.1, 0.15) is 6.04 Å². The minimum atomic E-state index is -3.88. The molecule has 0 heterocycles. The average molecular weight is 473 g/mol. The van der Waals surface area contributed by atoms with Gasteiger partial charge in [-0.15, -0.1) is 0 Å². The second kappa shape index (κ2) is 9.35. The van der Waals surface area contributed by atoms with Crippen LogP contribution in [0.2, 0.25) is 0 Å². The van der Waals surface area contributed by atoms with E-state index in [0.29, 0.717) is 5.69 Å². The highest BCUT2D eigenvalue weighted by molar-refractivity contribution is 9.10. The highest BCUT2D eigenvalue weighted by Crippen LogP contribution is 2.17. The third kappa shape index (κ3) is 5.76. The van der Waals surface area contributed by atoms with Gasteiger partial charge in [0, 0.05) is 10.2 Å². The molecule has 0 saturated carbocycles. The van der Waals surface area contributed by atoms with Gasteiger partial charge in [-0.05, 0) is 54.8 Å². The van der Waals surface area contributed by atoms with Crippen LogP contribution in [0.5, 0.6) is 0 Å². The second-order valence-corrected chi connectivity index (χ2v) is 9.25. The van der Waals surface area contributed by atoms with Gasteiger partial charge in [0.05, 0.1) is 4.90 Å². The number of benzene rings is 3. The van der Waals surface area contributed by atoms with Crippen LogP contribution in [-0.4, -0.2) is 20.4 Å². The molecule has 150 valence electrons. The maximum Gasteiger partial charge on any atom is 0.242 e. The van der Waals surface area contributed by atoms with E-state index in [0.717, 1.165) is 15.6 Å². The molecule has 3 rings (SSSR count). The van der Waals surface area contributed by atoms with E-state index in [4.69, 9.17) is 0 Å². The summed E-state index contributed by atoms with van der Waals surface area (Å²) in [4.78, 5) is 13.1. The molecule has 29 heavy (non-hydrogen) atoms. The molecule has 1 amide bonds. The Labute approximate surface area is 179 Å². The van der Waals surface area contributed by atoms with Crippen LogP contribution in [0.15, 0.2) is 88.2 Å². The number of amides is 1. The molecule has 2 N–H and O–H groups in total. The van der Waals surface area contributed by atoms with Gasteiger partial charge in [0.25, 0.3) is 0 Å². The fraction of sp³-hybridized carbons (Fsp3) is 0.136. The Morgan fingerprint density at radius 3 is 2.21 bits per heavy atom. The van der Waals surface area contributed by atoms with Crippen molar-refractivity contribution in [2.45, 2.75) is 24.3 Å². The number of aryl methyl sites for hydroxylation is 1. The van der Waals surface area contributed by atoms with Crippen molar-refractivity contribution in [3.63, 3.8) is 0 Å². The Morgan fingerprint density at radius 2 is 1.55 bits per heavy atom. The van der Waals surface area contributed by atoms with Crippen molar-refractivity contribution in [1.82, 2.24) is 4.72 Å². The van der Waals surface area contributed by atoms with E-state index in [2.05, 4.69) is 26.0 Å². The van der Waals surface area contributed by atoms with Crippen molar-refractivity contribution >= 4 is 37.5 Å². The molecule has 3 aromatic rings. The molecule has 0 aromatic heterocycles. The summed E-state index contributed by atoms with van der Waals surface area (Å²) in [5.74, 6) is -0.413. The summed E-state index contributed by atoms with van der Waals surface area (Å²) in [6.07, 6.45) is 0.230. The topological polar surface area (TPSA) is 75.3 Å². The van der Waals surface area contributed by atoms with Crippen molar-refractivity contribution in [3.8, 4) is 0 Å². The predicted molar refractivity (Wildman–Crippen MR) is 118 cm³/mol. The van der Waals surface area contributed by atoms with Crippen molar-refractivity contribution < 1.29 is 13.2 Å². The van der Waals surface area contributed by atoms with Gasteiger partial charge in [-0.2, -0.15) is 4.72 Å². The average Bonchev–Trinajstić information content (AvgIpc) is 2.70. The lowest BCUT2D eigenvalue weighted by Gasteiger charge is -2.19. The molecule has 0 aliphatic carbocycles. The molecule has 0 radical (unpaired) electrons. The first-order chi connectivity index (χ1) is 13.8. The molecular weight excluding hydrogens is 452 g/mol. The monoisotopic (exact) mass is 472 g/mol. The maximum atomic E-state index is 13.0. The van der Waals surface area contributed by atoms with Gasteiger partial charge in [0.2, 0.25) is 15.9 Å². The molecule has 0 saturated heterocycles. The number of hydrogen-bond donors (Lipinski definition) is 2. The number of rotatable bonds is 7. The summed E-state index contributed by atoms with van der Waals surface area (Å²) < 4.78 is 29.1. The number of carbonyl (C=O) groups excluding carboxylic acids is 1. The van der Waals surface area contributed by atoms with E-state index in [1.165, 1.54) is 12.1 Å². The van der Waals surface area contributed by atoms with Crippen molar-refractivity contribution in [2.75, 3.05) is 5.32 Å². The van der Waals surface area contributed by atoms with Gasteiger partial charge in [-0.25, -0.2) is 8.42 Å². The third-order valence-electron chi connectivity index (χ3n) is 4.42. The highest BCUT2D eigenvalue weighted by atomic mass is 79.9. The van der Waals surface area contributed by atoms with Crippen LogP contribution in [0.4, 0.5) is 5.69 Å². The summed E-state index contributed by atoms with van der Waals surface area (Å²) in [7, 11) is -3.88. The van der Waals surface area contributed by atoms with Crippen molar-refractivity contribution in [1.29, 1.82) is 0 Å². The molecule has 0 aliphatic heterocycles. The summed E-state index contributed by atoms with van der Waals surface area (Å²) in [6, 6.07) is 22.0. The molecule has 1 atom stereocenters. The second-order valence-electron chi connectivity index (χ2n) is 6.62. The summed E-state index contributed by atoms with van der Waals surface area (Å²) in [5, 5.41) is 2.84. The lowest BCUT2D eigenvalue weighted by Crippen LogP contribution is -2.45. The summed E-state index contributed by atoms with van der Waals surface area (Å²) >= 11 is 3.29.